The van der Waals surface area contributed by atoms with Crippen molar-refractivity contribution < 1.29 is 9.90 Å². The molecule has 0 saturated carbocycles. The first-order valence-electron chi connectivity index (χ1n) is 5.80. The minimum atomic E-state index is 0.155. The molecule has 0 aromatic heterocycles. The second kappa shape index (κ2) is 5.12. The van der Waals surface area contributed by atoms with Gasteiger partial charge in [-0.1, -0.05) is 12.5 Å². The molecule has 3 nitrogen and oxygen atoms in total. The van der Waals surface area contributed by atoms with E-state index in [0.717, 1.165) is 24.8 Å². The average molecular weight is 219 g/mol. The number of rotatable bonds is 3. The molecular weight excluding hydrogens is 202 g/mol. The van der Waals surface area contributed by atoms with E-state index in [2.05, 4.69) is 5.32 Å². The quantitative estimate of drug-likeness (QED) is 0.763. The lowest BCUT2D eigenvalue weighted by atomic mass is 9.95. The highest BCUT2D eigenvalue weighted by molar-refractivity contribution is 5.78. The number of nitrogens with one attached hydrogen (secondary N) is 1. The zero-order valence-electron chi connectivity index (χ0n) is 9.28. The lowest BCUT2D eigenvalue weighted by Gasteiger charge is -2.23. The summed E-state index contributed by atoms with van der Waals surface area (Å²) in [4.78, 5) is 10.9. The standard InChI is InChI=1S/C13H17NO2/c15-9-11-8-13(16)5-4-10(11)7-12-3-1-2-6-14-12/h4-5,8-9,12,14,16H,1-3,6-7H2. The van der Waals surface area contributed by atoms with Gasteiger partial charge in [0.2, 0.25) is 0 Å². The molecule has 0 radical (unpaired) electrons. The minimum absolute atomic E-state index is 0.155. The maximum atomic E-state index is 10.9. The molecule has 1 fully saturated rings. The second-order valence-electron chi connectivity index (χ2n) is 4.35. The van der Waals surface area contributed by atoms with Gasteiger partial charge in [-0.3, -0.25) is 4.79 Å². The third-order valence-electron chi connectivity index (χ3n) is 3.14. The number of benzene rings is 1. The minimum Gasteiger partial charge on any atom is -0.508 e. The molecule has 0 bridgehead atoms. The predicted octanol–water partition coefficient (Wildman–Crippen LogP) is 1.89. The van der Waals surface area contributed by atoms with Gasteiger partial charge in [-0.2, -0.15) is 0 Å². The monoisotopic (exact) mass is 219 g/mol. The number of aromatic hydroxyl groups is 1. The number of carbonyl (C=O) groups excluding carboxylic acids is 1. The van der Waals surface area contributed by atoms with Gasteiger partial charge in [0.25, 0.3) is 0 Å². The Hall–Kier alpha value is -1.35. The van der Waals surface area contributed by atoms with Gasteiger partial charge in [-0.25, -0.2) is 0 Å². The van der Waals surface area contributed by atoms with Crippen LogP contribution >= 0.6 is 0 Å². The third-order valence-corrected chi connectivity index (χ3v) is 3.14. The second-order valence-corrected chi connectivity index (χ2v) is 4.35. The van der Waals surface area contributed by atoms with Crippen LogP contribution in [-0.2, 0) is 6.42 Å². The Morgan fingerprint density at radius 2 is 2.31 bits per heavy atom. The van der Waals surface area contributed by atoms with E-state index in [1.54, 1.807) is 6.07 Å². The molecule has 0 aliphatic carbocycles. The molecule has 2 N–H and O–H groups in total. The summed E-state index contributed by atoms with van der Waals surface area (Å²) in [5.41, 5.74) is 1.62. The van der Waals surface area contributed by atoms with Crippen molar-refractivity contribution in [3.63, 3.8) is 0 Å². The fraction of sp³-hybridized carbons (Fsp3) is 0.462. The molecule has 1 heterocycles. The van der Waals surface area contributed by atoms with Crippen LogP contribution in [-0.4, -0.2) is 24.0 Å². The first-order chi connectivity index (χ1) is 7.79. The number of hydrogen-bond acceptors (Lipinski definition) is 3. The lowest BCUT2D eigenvalue weighted by molar-refractivity contribution is 0.112. The fourth-order valence-corrected chi connectivity index (χ4v) is 2.24. The first kappa shape index (κ1) is 11.1. The van der Waals surface area contributed by atoms with Crippen LogP contribution in [0.2, 0.25) is 0 Å². The molecule has 1 aliphatic rings. The number of aldehydes is 1. The molecule has 0 amide bonds. The number of phenolic OH excluding ortho intramolecular Hbond substituents is 1. The fourth-order valence-electron chi connectivity index (χ4n) is 2.24. The van der Waals surface area contributed by atoms with Gasteiger partial charge in [0.15, 0.2) is 0 Å². The Balaban J connectivity index is 2.10. The summed E-state index contributed by atoms with van der Waals surface area (Å²) in [5.74, 6) is 0.155. The van der Waals surface area contributed by atoms with Crippen molar-refractivity contribution in [1.29, 1.82) is 0 Å². The van der Waals surface area contributed by atoms with Crippen molar-refractivity contribution in [1.82, 2.24) is 5.32 Å². The normalized spacial score (nSPS) is 20.6. The van der Waals surface area contributed by atoms with Crippen LogP contribution in [0.15, 0.2) is 18.2 Å². The Labute approximate surface area is 95.5 Å². The molecule has 3 heteroatoms. The Bertz CT molecular complexity index is 370. The van der Waals surface area contributed by atoms with Crippen LogP contribution in [0.5, 0.6) is 5.75 Å². The lowest BCUT2D eigenvalue weighted by Crippen LogP contribution is -2.35. The van der Waals surface area contributed by atoms with Gasteiger partial charge in [-0.05, 0) is 43.5 Å². The molecule has 86 valence electrons. The maximum Gasteiger partial charge on any atom is 0.150 e. The van der Waals surface area contributed by atoms with E-state index in [4.69, 9.17) is 0 Å². The summed E-state index contributed by atoms with van der Waals surface area (Å²) in [5, 5.41) is 12.8. The summed E-state index contributed by atoms with van der Waals surface area (Å²) < 4.78 is 0. The van der Waals surface area contributed by atoms with E-state index < -0.39 is 0 Å². The molecule has 1 aromatic carbocycles. The van der Waals surface area contributed by atoms with Gasteiger partial charge >= 0.3 is 0 Å². The van der Waals surface area contributed by atoms with E-state index in [-0.39, 0.29) is 5.75 Å². The molecule has 1 aromatic rings. The Kier molecular flexibility index (Phi) is 3.57. The number of carbonyl (C=O) groups is 1. The number of piperidine rings is 1. The molecule has 16 heavy (non-hydrogen) atoms. The van der Waals surface area contributed by atoms with Crippen LogP contribution in [0.4, 0.5) is 0 Å². The van der Waals surface area contributed by atoms with Crippen molar-refractivity contribution in [2.45, 2.75) is 31.7 Å². The van der Waals surface area contributed by atoms with Crippen molar-refractivity contribution in [2.24, 2.45) is 0 Å². The molecule has 1 saturated heterocycles. The maximum absolute atomic E-state index is 10.9. The highest BCUT2D eigenvalue weighted by Gasteiger charge is 2.14. The summed E-state index contributed by atoms with van der Waals surface area (Å²) >= 11 is 0. The van der Waals surface area contributed by atoms with Crippen molar-refractivity contribution in [2.75, 3.05) is 6.54 Å². The highest BCUT2D eigenvalue weighted by Crippen LogP contribution is 2.19. The van der Waals surface area contributed by atoms with Gasteiger partial charge in [0.1, 0.15) is 12.0 Å². The average Bonchev–Trinajstić information content (AvgIpc) is 2.33. The molecule has 2 rings (SSSR count). The Morgan fingerprint density at radius 1 is 1.44 bits per heavy atom. The molecule has 1 atom stereocenters. The summed E-state index contributed by atoms with van der Waals surface area (Å²) in [6, 6.07) is 5.49. The largest absolute Gasteiger partial charge is 0.508 e. The smallest absolute Gasteiger partial charge is 0.150 e. The van der Waals surface area contributed by atoms with Crippen LogP contribution in [0.1, 0.15) is 35.2 Å². The van der Waals surface area contributed by atoms with Crippen LogP contribution in [0.25, 0.3) is 0 Å². The summed E-state index contributed by atoms with van der Waals surface area (Å²) in [6.07, 6.45) is 5.35. The zero-order valence-corrected chi connectivity index (χ0v) is 9.28. The van der Waals surface area contributed by atoms with E-state index in [0.29, 0.717) is 11.6 Å². The van der Waals surface area contributed by atoms with Gasteiger partial charge in [0.05, 0.1) is 0 Å². The first-order valence-corrected chi connectivity index (χ1v) is 5.80. The Morgan fingerprint density at radius 3 is 3.00 bits per heavy atom. The van der Waals surface area contributed by atoms with Gasteiger partial charge in [0, 0.05) is 11.6 Å². The topological polar surface area (TPSA) is 49.3 Å². The summed E-state index contributed by atoms with van der Waals surface area (Å²) in [7, 11) is 0. The predicted molar refractivity (Wildman–Crippen MR) is 62.8 cm³/mol. The van der Waals surface area contributed by atoms with E-state index in [1.807, 2.05) is 6.07 Å². The molecule has 0 spiro atoms. The molecule has 1 unspecified atom stereocenters. The molecule has 1 aliphatic heterocycles. The molecular formula is C13H17NO2. The summed E-state index contributed by atoms with van der Waals surface area (Å²) in [6.45, 7) is 1.07. The van der Waals surface area contributed by atoms with Crippen LogP contribution < -0.4 is 5.32 Å². The van der Waals surface area contributed by atoms with Crippen molar-refractivity contribution in [3.8, 4) is 5.75 Å². The van der Waals surface area contributed by atoms with E-state index in [1.165, 1.54) is 25.3 Å². The van der Waals surface area contributed by atoms with E-state index in [9.17, 15) is 9.90 Å². The van der Waals surface area contributed by atoms with Gasteiger partial charge in [-0.15, -0.1) is 0 Å². The van der Waals surface area contributed by atoms with Crippen molar-refractivity contribution in [3.05, 3.63) is 29.3 Å². The van der Waals surface area contributed by atoms with Gasteiger partial charge < -0.3 is 10.4 Å². The van der Waals surface area contributed by atoms with Crippen LogP contribution in [0, 0.1) is 0 Å². The van der Waals surface area contributed by atoms with Crippen LogP contribution in [0.3, 0.4) is 0 Å². The van der Waals surface area contributed by atoms with Crippen molar-refractivity contribution >= 4 is 6.29 Å². The number of hydrogen-bond donors (Lipinski definition) is 2. The highest BCUT2D eigenvalue weighted by atomic mass is 16.3. The zero-order chi connectivity index (χ0) is 11.4. The number of phenols is 1. The van der Waals surface area contributed by atoms with E-state index >= 15 is 0 Å². The SMILES string of the molecule is O=Cc1cc(O)ccc1CC1CCCCN1. The third kappa shape index (κ3) is 2.61.